The summed E-state index contributed by atoms with van der Waals surface area (Å²) in [5.74, 6) is 0.872. The number of ether oxygens (including phenoxy) is 1. The Morgan fingerprint density at radius 2 is 2.35 bits per heavy atom. The van der Waals surface area contributed by atoms with Crippen molar-refractivity contribution < 1.29 is 4.74 Å². The van der Waals surface area contributed by atoms with Crippen LogP contribution in [0, 0.1) is 0 Å². The predicted octanol–water partition coefficient (Wildman–Crippen LogP) is 2.03. The van der Waals surface area contributed by atoms with Gasteiger partial charge >= 0.3 is 0 Å². The molecule has 2 rings (SSSR count). The number of hydrogen-bond acceptors (Lipinski definition) is 4. The fourth-order valence-electron chi connectivity index (χ4n) is 2.57. The van der Waals surface area contributed by atoms with Gasteiger partial charge in [-0.15, -0.1) is 0 Å². The van der Waals surface area contributed by atoms with Gasteiger partial charge in [-0.05, 0) is 39.7 Å². The van der Waals surface area contributed by atoms with Crippen LogP contribution in [0.1, 0.15) is 33.1 Å². The minimum absolute atomic E-state index is 0.398. The normalized spacial score (nSPS) is 23.9. The van der Waals surface area contributed by atoms with Crippen LogP contribution in [0.25, 0.3) is 0 Å². The zero-order valence-electron chi connectivity index (χ0n) is 12.7. The van der Waals surface area contributed by atoms with Crippen molar-refractivity contribution in [3.8, 4) is 0 Å². The van der Waals surface area contributed by atoms with Crippen LogP contribution in [0.4, 0.5) is 0 Å². The van der Waals surface area contributed by atoms with Gasteiger partial charge in [0.1, 0.15) is 0 Å². The van der Waals surface area contributed by atoms with Gasteiger partial charge in [-0.3, -0.25) is 0 Å². The lowest BCUT2D eigenvalue weighted by atomic mass is 10.0. The van der Waals surface area contributed by atoms with E-state index in [9.17, 15) is 0 Å². The smallest absolute Gasteiger partial charge is 0.0957 e. The molecule has 4 heteroatoms. The summed E-state index contributed by atoms with van der Waals surface area (Å²) in [5, 5.41) is 10.1. The molecule has 4 nitrogen and oxygen atoms in total. The van der Waals surface area contributed by atoms with E-state index in [1.165, 1.54) is 16.8 Å². The topological polar surface area (TPSA) is 45.3 Å². The van der Waals surface area contributed by atoms with E-state index >= 15 is 0 Å². The Kier molecular flexibility index (Phi) is 5.68. The Balaban J connectivity index is 1.81. The largest absolute Gasteiger partial charge is 0.379 e. The molecule has 0 aromatic heterocycles. The van der Waals surface area contributed by atoms with Crippen molar-refractivity contribution in [2.45, 2.75) is 39.2 Å². The van der Waals surface area contributed by atoms with Gasteiger partial charge in [0, 0.05) is 18.8 Å². The maximum Gasteiger partial charge on any atom is 0.0957 e. The Bertz CT molecular complexity index is 406. The van der Waals surface area contributed by atoms with Crippen LogP contribution in [0.2, 0.25) is 0 Å². The lowest BCUT2D eigenvalue weighted by molar-refractivity contribution is 0.191. The summed E-state index contributed by atoms with van der Waals surface area (Å²) >= 11 is 0. The third-order valence-electron chi connectivity index (χ3n) is 3.94. The molecule has 3 N–H and O–H groups in total. The van der Waals surface area contributed by atoms with Gasteiger partial charge in [-0.25, -0.2) is 0 Å². The quantitative estimate of drug-likeness (QED) is 0.650. The second kappa shape index (κ2) is 7.50. The zero-order valence-corrected chi connectivity index (χ0v) is 12.7. The summed E-state index contributed by atoms with van der Waals surface area (Å²) in [5.41, 5.74) is 4.11. The fourth-order valence-corrected chi connectivity index (χ4v) is 2.57. The maximum absolute atomic E-state index is 5.35. The summed E-state index contributed by atoms with van der Waals surface area (Å²) in [6.07, 6.45) is 5.58. The van der Waals surface area contributed by atoms with Crippen molar-refractivity contribution in [3.05, 3.63) is 35.3 Å². The van der Waals surface area contributed by atoms with E-state index in [1.807, 2.05) is 0 Å². The molecule has 2 aliphatic heterocycles. The minimum Gasteiger partial charge on any atom is -0.379 e. The lowest BCUT2D eigenvalue weighted by Gasteiger charge is -2.19. The van der Waals surface area contributed by atoms with Crippen LogP contribution >= 0.6 is 0 Å². The molecule has 0 bridgehead atoms. The van der Waals surface area contributed by atoms with E-state index in [4.69, 9.17) is 4.74 Å². The molecule has 112 valence electrons. The van der Waals surface area contributed by atoms with Crippen molar-refractivity contribution in [1.82, 2.24) is 16.0 Å². The summed E-state index contributed by atoms with van der Waals surface area (Å²) in [6.45, 7) is 12.1. The third kappa shape index (κ3) is 4.69. The Hall–Kier alpha value is -1.26. The zero-order chi connectivity index (χ0) is 14.4. The molecule has 1 fully saturated rings. The van der Waals surface area contributed by atoms with E-state index in [0.717, 1.165) is 51.4 Å². The molecular weight excluding hydrogens is 250 g/mol. The molecule has 0 radical (unpaired) electrons. The van der Waals surface area contributed by atoms with Crippen molar-refractivity contribution in [2.24, 2.45) is 0 Å². The Morgan fingerprint density at radius 1 is 1.50 bits per heavy atom. The summed E-state index contributed by atoms with van der Waals surface area (Å²) in [4.78, 5) is 0. The van der Waals surface area contributed by atoms with Gasteiger partial charge < -0.3 is 20.7 Å². The fraction of sp³-hybridized carbons (Fsp3) is 0.625. The predicted molar refractivity (Wildman–Crippen MR) is 83.2 cm³/mol. The molecule has 0 amide bonds. The first-order valence-electron chi connectivity index (χ1n) is 7.50. The van der Waals surface area contributed by atoms with Crippen molar-refractivity contribution >= 4 is 0 Å². The van der Waals surface area contributed by atoms with Crippen LogP contribution in [-0.2, 0) is 4.74 Å². The summed E-state index contributed by atoms with van der Waals surface area (Å²) in [6, 6.07) is 0.398. The van der Waals surface area contributed by atoms with E-state index in [1.54, 1.807) is 0 Å². The number of allylic oxidation sites excluding steroid dienone is 2. The molecular formula is C16H27N3O. The monoisotopic (exact) mass is 277 g/mol. The minimum atomic E-state index is 0.398. The second-order valence-electron chi connectivity index (χ2n) is 5.71. The van der Waals surface area contributed by atoms with Crippen LogP contribution in [0.5, 0.6) is 0 Å². The average Bonchev–Trinajstić information content (AvgIpc) is 2.92. The first kappa shape index (κ1) is 15.1. The second-order valence-corrected chi connectivity index (χ2v) is 5.71. The van der Waals surface area contributed by atoms with Gasteiger partial charge in [0.2, 0.25) is 0 Å². The number of rotatable bonds is 6. The van der Waals surface area contributed by atoms with E-state index in [0.29, 0.717) is 6.04 Å². The van der Waals surface area contributed by atoms with Gasteiger partial charge in [0.15, 0.2) is 0 Å². The maximum atomic E-state index is 5.35. The highest BCUT2D eigenvalue weighted by atomic mass is 16.5. The van der Waals surface area contributed by atoms with Gasteiger partial charge in [-0.2, -0.15) is 0 Å². The number of nitrogens with one attached hydrogen (secondary N) is 3. The van der Waals surface area contributed by atoms with Gasteiger partial charge in [0.25, 0.3) is 0 Å². The Morgan fingerprint density at radius 3 is 3.00 bits per heavy atom. The molecule has 20 heavy (non-hydrogen) atoms. The molecule has 0 saturated carbocycles. The van der Waals surface area contributed by atoms with Crippen LogP contribution in [0.3, 0.4) is 0 Å². The van der Waals surface area contributed by atoms with Crippen molar-refractivity contribution in [2.75, 3.05) is 26.3 Å². The SMILES string of the molecule is C=C(N/C(C)=C(\C)CC1=CCNCC1)N[C@@H]1CCOC1. The molecule has 0 unspecified atom stereocenters. The van der Waals surface area contributed by atoms with Crippen LogP contribution < -0.4 is 16.0 Å². The molecule has 2 heterocycles. The first-order valence-corrected chi connectivity index (χ1v) is 7.50. The van der Waals surface area contributed by atoms with Crippen molar-refractivity contribution in [3.63, 3.8) is 0 Å². The average molecular weight is 277 g/mol. The van der Waals surface area contributed by atoms with E-state index in [2.05, 4.69) is 42.5 Å². The van der Waals surface area contributed by atoms with Crippen LogP contribution in [0.15, 0.2) is 35.3 Å². The van der Waals surface area contributed by atoms with Gasteiger partial charge in [-0.1, -0.05) is 23.8 Å². The molecule has 0 aromatic carbocycles. The molecule has 0 aliphatic carbocycles. The molecule has 1 atom stereocenters. The highest BCUT2D eigenvalue weighted by molar-refractivity contribution is 5.21. The third-order valence-corrected chi connectivity index (χ3v) is 3.94. The molecule has 2 aliphatic rings. The Labute approximate surface area is 122 Å². The van der Waals surface area contributed by atoms with Crippen LogP contribution in [-0.4, -0.2) is 32.3 Å². The highest BCUT2D eigenvalue weighted by Gasteiger charge is 2.15. The first-order chi connectivity index (χ1) is 9.65. The lowest BCUT2D eigenvalue weighted by Crippen LogP contribution is -2.34. The standard InChI is InChI=1S/C16H27N3O/c1-12(10-15-4-7-17-8-5-15)13(2)18-14(3)19-16-6-9-20-11-16/h4,16-19H,3,5-11H2,1-2H3/b13-12+/t16-/m1/s1. The molecule has 0 spiro atoms. The summed E-state index contributed by atoms with van der Waals surface area (Å²) in [7, 11) is 0. The molecule has 0 aromatic rings. The number of hydrogen-bond donors (Lipinski definition) is 3. The van der Waals surface area contributed by atoms with Gasteiger partial charge in [0.05, 0.1) is 18.5 Å². The summed E-state index contributed by atoms with van der Waals surface area (Å²) < 4.78 is 5.35. The van der Waals surface area contributed by atoms with E-state index in [-0.39, 0.29) is 0 Å². The molecule has 1 saturated heterocycles. The van der Waals surface area contributed by atoms with Crippen molar-refractivity contribution in [1.29, 1.82) is 0 Å². The highest BCUT2D eigenvalue weighted by Crippen LogP contribution is 2.17. The van der Waals surface area contributed by atoms with E-state index < -0.39 is 0 Å².